The number of Topliss-reactive ketones (excluding diaryl/α,β-unsaturated/α-hetero) is 1. The molecule has 4 aliphatic rings. The lowest BCUT2D eigenvalue weighted by Crippen LogP contribution is -2.56. The normalized spacial score (nSPS) is 29.8. The van der Waals surface area contributed by atoms with Crippen LogP contribution in [-0.4, -0.2) is 98.9 Å². The van der Waals surface area contributed by atoms with Crippen LogP contribution in [0.1, 0.15) is 101 Å². The highest BCUT2D eigenvalue weighted by Crippen LogP contribution is 2.52. The fraction of sp³-hybridized carbons (Fsp3) is 0.500. The first-order chi connectivity index (χ1) is 23.9. The molecule has 0 spiro atoms. The zero-order chi connectivity index (χ0) is 35.9. The fourth-order valence-corrected chi connectivity index (χ4v) is 7.41. The van der Waals surface area contributed by atoms with Gasteiger partial charge in [0.05, 0.1) is 42.0 Å². The van der Waals surface area contributed by atoms with E-state index in [0.717, 1.165) is 25.7 Å². The van der Waals surface area contributed by atoms with Crippen LogP contribution < -0.4 is 10.1 Å². The Bertz CT molecular complexity index is 1740. The summed E-state index contributed by atoms with van der Waals surface area (Å²) in [6.07, 6.45) is 1.13. The van der Waals surface area contributed by atoms with Gasteiger partial charge in [-0.3, -0.25) is 14.4 Å². The van der Waals surface area contributed by atoms with E-state index in [0.29, 0.717) is 6.42 Å². The van der Waals surface area contributed by atoms with Crippen LogP contribution >= 0.6 is 0 Å². The van der Waals surface area contributed by atoms with Crippen LogP contribution in [0.2, 0.25) is 0 Å². The van der Waals surface area contributed by atoms with E-state index < -0.39 is 108 Å². The van der Waals surface area contributed by atoms with Gasteiger partial charge in [0.2, 0.25) is 5.78 Å². The number of methoxy groups -OCH3 is 1. The van der Waals surface area contributed by atoms with E-state index in [1.54, 1.807) is 6.92 Å². The van der Waals surface area contributed by atoms with Gasteiger partial charge in [0.25, 0.3) is 0 Å². The molecule has 1 saturated heterocycles. The number of alkyl carbamates (subject to hydrolysis) is 1. The third-order valence-corrected chi connectivity index (χ3v) is 10.0. The number of carbonyl (C=O) groups is 4. The SMILES string of the molecule is COc1cccc2c1C(=O)c1c(O)c3c(c(O)c1C2=O)C[C@@](O)(C(=O)CO)CC3OC1CC(NC(=O)OC2/C=C/CCCCC2)[C@H](O)C(C)O1. The monoisotopic (exact) mass is 695 g/mol. The van der Waals surface area contributed by atoms with Crippen LogP contribution in [0, 0.1) is 0 Å². The van der Waals surface area contributed by atoms with Crippen molar-refractivity contribution >= 4 is 23.4 Å². The highest BCUT2D eigenvalue weighted by atomic mass is 16.7. The van der Waals surface area contributed by atoms with Crippen molar-refractivity contribution in [3.05, 3.63) is 63.7 Å². The first-order valence-corrected chi connectivity index (χ1v) is 16.7. The summed E-state index contributed by atoms with van der Waals surface area (Å²) in [5.41, 5.74) is -3.93. The Labute approximate surface area is 287 Å². The standard InChI is InChI=1S/C36H41NO13/c1-17-30(40)21(37-35(45)49-18-9-6-4-3-5-7-10-18)13-25(48-17)50-23-15-36(46,24(39)16-38)14-20-27(23)34(44)29-28(32(20)42)31(41)19-11-8-12-22(47-2)26(19)33(29)43/h6,8-9,11-12,17-18,21,23,25,30,38,40,42,44,46H,3-5,7,10,13-16H2,1-2H3,(H,37,45)/b9-6+/t17?,18?,21?,23?,25?,30-,36+/m1/s1. The average Bonchev–Trinajstić information content (AvgIpc) is 3.07. The molecule has 14 nitrogen and oxygen atoms in total. The number of nitrogens with one attached hydrogen (secondary N) is 1. The number of aliphatic hydroxyl groups is 3. The van der Waals surface area contributed by atoms with Gasteiger partial charge >= 0.3 is 6.09 Å². The molecule has 7 atom stereocenters. The molecule has 1 aliphatic heterocycles. The third kappa shape index (κ3) is 6.37. The summed E-state index contributed by atoms with van der Waals surface area (Å²) in [5.74, 6) is -3.98. The fourth-order valence-electron chi connectivity index (χ4n) is 7.41. The number of fused-ring (bicyclic) bond motifs is 3. The number of phenolic OH excluding ortho intramolecular Hbond substituents is 2. The largest absolute Gasteiger partial charge is 0.507 e. The molecule has 0 radical (unpaired) electrons. The van der Waals surface area contributed by atoms with Crippen molar-refractivity contribution in [2.45, 2.75) is 101 Å². The number of aromatic hydroxyl groups is 2. The average molecular weight is 696 g/mol. The summed E-state index contributed by atoms with van der Waals surface area (Å²) in [7, 11) is 1.31. The van der Waals surface area contributed by atoms with Gasteiger partial charge < -0.3 is 49.8 Å². The maximum Gasteiger partial charge on any atom is 0.408 e. The smallest absolute Gasteiger partial charge is 0.408 e. The lowest BCUT2D eigenvalue weighted by atomic mass is 9.72. The Hall–Kier alpha value is -4.34. The van der Waals surface area contributed by atoms with E-state index in [1.165, 1.54) is 25.3 Å². The number of hydrogen-bond acceptors (Lipinski definition) is 13. The molecule has 6 rings (SSSR count). The first-order valence-electron chi connectivity index (χ1n) is 16.7. The molecule has 268 valence electrons. The molecule has 1 fully saturated rings. The van der Waals surface area contributed by atoms with Gasteiger partial charge in [-0.15, -0.1) is 0 Å². The van der Waals surface area contributed by atoms with Crippen molar-refractivity contribution in [1.29, 1.82) is 0 Å². The van der Waals surface area contributed by atoms with Gasteiger partial charge in [0.1, 0.15) is 41.7 Å². The summed E-state index contributed by atoms with van der Waals surface area (Å²) >= 11 is 0. The van der Waals surface area contributed by atoms with E-state index in [4.69, 9.17) is 18.9 Å². The van der Waals surface area contributed by atoms with Crippen LogP contribution in [0.15, 0.2) is 30.4 Å². The summed E-state index contributed by atoms with van der Waals surface area (Å²) < 4.78 is 23.0. The van der Waals surface area contributed by atoms with Crippen molar-refractivity contribution in [2.75, 3.05) is 13.7 Å². The molecule has 0 saturated carbocycles. The zero-order valence-corrected chi connectivity index (χ0v) is 27.7. The summed E-state index contributed by atoms with van der Waals surface area (Å²) in [6.45, 7) is 0.487. The van der Waals surface area contributed by atoms with Crippen LogP contribution in [0.3, 0.4) is 0 Å². The molecule has 5 unspecified atom stereocenters. The number of ether oxygens (including phenoxy) is 4. The second-order valence-electron chi connectivity index (χ2n) is 13.3. The molecule has 0 bridgehead atoms. The highest BCUT2D eigenvalue weighted by molar-refractivity contribution is 6.31. The van der Waals surface area contributed by atoms with E-state index in [1.807, 2.05) is 12.2 Å². The Kier molecular flexibility index (Phi) is 10.0. The van der Waals surface area contributed by atoms with Crippen molar-refractivity contribution in [2.24, 2.45) is 0 Å². The van der Waals surface area contributed by atoms with Gasteiger partial charge in [0.15, 0.2) is 17.9 Å². The minimum absolute atomic E-state index is 0.0737. The zero-order valence-electron chi connectivity index (χ0n) is 27.7. The maximum absolute atomic E-state index is 13.9. The first kappa shape index (κ1) is 35.5. The minimum atomic E-state index is -2.32. The molecule has 3 aliphatic carbocycles. The Morgan fingerprint density at radius 1 is 1.06 bits per heavy atom. The molecule has 2 aromatic carbocycles. The molecule has 1 heterocycles. The number of benzene rings is 2. The van der Waals surface area contributed by atoms with Gasteiger partial charge in [-0.1, -0.05) is 24.6 Å². The van der Waals surface area contributed by atoms with Crippen LogP contribution in [0.25, 0.3) is 0 Å². The summed E-state index contributed by atoms with van der Waals surface area (Å²) in [4.78, 5) is 53.4. The quantitative estimate of drug-likeness (QED) is 0.155. The second-order valence-corrected chi connectivity index (χ2v) is 13.3. The van der Waals surface area contributed by atoms with E-state index in [9.17, 15) is 44.7 Å². The Morgan fingerprint density at radius 3 is 2.56 bits per heavy atom. The second kappa shape index (κ2) is 14.1. The number of phenols is 2. The maximum atomic E-state index is 13.9. The molecule has 50 heavy (non-hydrogen) atoms. The molecular formula is C36H41NO13. The number of ketones is 3. The van der Waals surface area contributed by atoms with Gasteiger partial charge in [-0.25, -0.2) is 4.79 Å². The summed E-state index contributed by atoms with van der Waals surface area (Å²) in [5, 5.41) is 58.1. The number of rotatable bonds is 7. The number of aliphatic hydroxyl groups excluding tert-OH is 2. The number of carbonyl (C=O) groups excluding carboxylic acids is 4. The van der Waals surface area contributed by atoms with Crippen molar-refractivity contribution < 1.29 is 63.7 Å². The molecule has 14 heteroatoms. The molecule has 6 N–H and O–H groups in total. The van der Waals surface area contributed by atoms with Gasteiger partial charge in [0, 0.05) is 36.0 Å². The van der Waals surface area contributed by atoms with E-state index >= 15 is 0 Å². The van der Waals surface area contributed by atoms with Crippen LogP contribution in [0.4, 0.5) is 4.79 Å². The predicted molar refractivity (Wildman–Crippen MR) is 173 cm³/mol. The predicted octanol–water partition coefficient (Wildman–Crippen LogP) is 2.66. The van der Waals surface area contributed by atoms with E-state index in [2.05, 4.69) is 5.32 Å². The van der Waals surface area contributed by atoms with Gasteiger partial charge in [-0.05, 0) is 44.7 Å². The number of hydrogen-bond donors (Lipinski definition) is 6. The highest BCUT2D eigenvalue weighted by Gasteiger charge is 2.50. The molecular weight excluding hydrogens is 654 g/mol. The Balaban J connectivity index is 1.33. The van der Waals surface area contributed by atoms with Crippen molar-refractivity contribution in [1.82, 2.24) is 5.32 Å². The topological polar surface area (TPSA) is 218 Å². The van der Waals surface area contributed by atoms with Crippen molar-refractivity contribution in [3.8, 4) is 17.2 Å². The molecule has 1 amide bonds. The van der Waals surface area contributed by atoms with Crippen molar-refractivity contribution in [3.63, 3.8) is 0 Å². The van der Waals surface area contributed by atoms with E-state index in [-0.39, 0.29) is 34.4 Å². The molecule has 2 aromatic rings. The molecule has 0 aromatic heterocycles. The minimum Gasteiger partial charge on any atom is -0.507 e. The van der Waals surface area contributed by atoms with Crippen LogP contribution in [0.5, 0.6) is 17.2 Å². The van der Waals surface area contributed by atoms with Gasteiger partial charge in [-0.2, -0.15) is 0 Å². The summed E-state index contributed by atoms with van der Waals surface area (Å²) in [6, 6.07) is 3.41. The Morgan fingerprint density at radius 2 is 1.82 bits per heavy atom. The number of amides is 1. The lowest BCUT2D eigenvalue weighted by molar-refractivity contribution is -0.249. The van der Waals surface area contributed by atoms with Crippen LogP contribution in [-0.2, 0) is 25.4 Å². The lowest BCUT2D eigenvalue weighted by Gasteiger charge is -2.42. The third-order valence-electron chi connectivity index (χ3n) is 10.0. The number of allylic oxidation sites excluding steroid dienone is 1.